The van der Waals surface area contributed by atoms with Gasteiger partial charge in [-0.2, -0.15) is 0 Å². The second-order valence-corrected chi connectivity index (χ2v) is 11.4. The minimum Gasteiger partial charge on any atom is -0.466 e. The first-order valence-corrected chi connectivity index (χ1v) is 17.0. The molecule has 0 aliphatic rings. The summed E-state index contributed by atoms with van der Waals surface area (Å²) < 4.78 is 10.7. The van der Waals surface area contributed by atoms with Gasteiger partial charge in [0.05, 0.1) is 13.2 Å². The molecule has 38 heavy (non-hydrogen) atoms. The van der Waals surface area contributed by atoms with E-state index in [1.165, 1.54) is 128 Å². The number of rotatable bonds is 31. The maximum absolute atomic E-state index is 11.7. The fourth-order valence-electron chi connectivity index (χ4n) is 4.94. The van der Waals surface area contributed by atoms with Crippen LogP contribution >= 0.6 is 0 Å². The molecule has 0 amide bonds. The summed E-state index contributed by atoms with van der Waals surface area (Å²) in [5.41, 5.74) is 0. The molecule has 0 aliphatic carbocycles. The average Bonchev–Trinajstić information content (AvgIpc) is 2.91. The molecular formula is C34H66O4. The van der Waals surface area contributed by atoms with Gasteiger partial charge >= 0.3 is 11.9 Å². The molecule has 0 aromatic heterocycles. The summed E-state index contributed by atoms with van der Waals surface area (Å²) in [5.74, 6) is 0.000150. The van der Waals surface area contributed by atoms with Gasteiger partial charge in [-0.1, -0.05) is 155 Å². The molecule has 0 radical (unpaired) electrons. The first-order valence-electron chi connectivity index (χ1n) is 17.0. The molecule has 0 saturated heterocycles. The standard InChI is InChI=1S/C34H66O4/c1-3-5-7-9-21-25-29-33(35)37-31-27-23-19-17-15-13-11-12-14-16-18-20-24-28-32-38-34(36)30-26-22-10-8-6-4-2/h3-32H2,1-2H3. The third-order valence-electron chi connectivity index (χ3n) is 7.53. The molecule has 0 bridgehead atoms. The molecule has 4 heteroatoms. The monoisotopic (exact) mass is 538 g/mol. The molecule has 0 spiro atoms. The predicted octanol–water partition coefficient (Wildman–Crippen LogP) is 11.0. The van der Waals surface area contributed by atoms with Crippen molar-refractivity contribution in [2.24, 2.45) is 0 Å². The summed E-state index contributed by atoms with van der Waals surface area (Å²) in [5, 5.41) is 0. The van der Waals surface area contributed by atoms with Crippen molar-refractivity contribution in [2.75, 3.05) is 13.2 Å². The van der Waals surface area contributed by atoms with E-state index in [0.717, 1.165) is 38.5 Å². The minimum absolute atomic E-state index is 0.0000751. The van der Waals surface area contributed by atoms with Gasteiger partial charge < -0.3 is 9.47 Å². The van der Waals surface area contributed by atoms with Crippen LogP contribution < -0.4 is 0 Å². The lowest BCUT2D eigenvalue weighted by molar-refractivity contribution is -0.144. The molecule has 0 rings (SSSR count). The zero-order valence-electron chi connectivity index (χ0n) is 25.8. The van der Waals surface area contributed by atoms with E-state index in [2.05, 4.69) is 13.8 Å². The molecule has 0 aromatic rings. The molecule has 0 N–H and O–H groups in total. The Balaban J connectivity index is 3.17. The van der Waals surface area contributed by atoms with Crippen LogP contribution in [0.2, 0.25) is 0 Å². The van der Waals surface area contributed by atoms with Crippen LogP contribution in [0.5, 0.6) is 0 Å². The van der Waals surface area contributed by atoms with Gasteiger partial charge in [0.2, 0.25) is 0 Å². The zero-order chi connectivity index (χ0) is 27.8. The number of carbonyl (C=O) groups is 2. The molecule has 226 valence electrons. The molecule has 0 heterocycles. The highest BCUT2D eigenvalue weighted by Crippen LogP contribution is 2.14. The van der Waals surface area contributed by atoms with Crippen molar-refractivity contribution in [3.05, 3.63) is 0 Å². The van der Waals surface area contributed by atoms with Crippen molar-refractivity contribution >= 4 is 11.9 Å². The van der Waals surface area contributed by atoms with Gasteiger partial charge in [0.1, 0.15) is 0 Å². The van der Waals surface area contributed by atoms with Gasteiger partial charge in [0, 0.05) is 12.8 Å². The number of unbranched alkanes of at least 4 members (excludes halogenated alkanes) is 23. The quantitative estimate of drug-likeness (QED) is 0.0650. The lowest BCUT2D eigenvalue weighted by atomic mass is 10.0. The Labute approximate surface area is 237 Å². The Morgan fingerprint density at radius 3 is 0.868 bits per heavy atom. The van der Waals surface area contributed by atoms with Crippen molar-refractivity contribution in [2.45, 2.75) is 194 Å². The first-order chi connectivity index (χ1) is 18.7. The van der Waals surface area contributed by atoms with Crippen molar-refractivity contribution in [1.29, 1.82) is 0 Å². The van der Waals surface area contributed by atoms with Gasteiger partial charge in [-0.05, 0) is 25.7 Å². The third kappa shape index (κ3) is 31.2. The Morgan fingerprint density at radius 1 is 0.342 bits per heavy atom. The van der Waals surface area contributed by atoms with E-state index < -0.39 is 0 Å². The van der Waals surface area contributed by atoms with E-state index >= 15 is 0 Å². The van der Waals surface area contributed by atoms with Crippen LogP contribution in [0, 0.1) is 0 Å². The van der Waals surface area contributed by atoms with E-state index in [9.17, 15) is 9.59 Å². The maximum atomic E-state index is 11.7. The largest absolute Gasteiger partial charge is 0.466 e. The summed E-state index contributed by atoms with van der Waals surface area (Å²) in [6, 6.07) is 0. The van der Waals surface area contributed by atoms with E-state index in [-0.39, 0.29) is 11.9 Å². The van der Waals surface area contributed by atoms with Crippen LogP contribution in [0.3, 0.4) is 0 Å². The summed E-state index contributed by atoms with van der Waals surface area (Å²) in [6.07, 6.45) is 33.5. The minimum atomic E-state index is 0.0000751. The fraction of sp³-hybridized carbons (Fsp3) is 0.941. The number of ether oxygens (including phenoxy) is 2. The summed E-state index contributed by atoms with van der Waals surface area (Å²) in [4.78, 5) is 23.5. The third-order valence-corrected chi connectivity index (χ3v) is 7.53. The van der Waals surface area contributed by atoms with Crippen LogP contribution in [-0.2, 0) is 19.1 Å². The molecule has 0 fully saturated rings. The van der Waals surface area contributed by atoms with E-state index in [0.29, 0.717) is 26.1 Å². The number of hydrogen-bond acceptors (Lipinski definition) is 4. The number of hydrogen-bond donors (Lipinski definition) is 0. The summed E-state index contributed by atoms with van der Waals surface area (Å²) in [7, 11) is 0. The Morgan fingerprint density at radius 2 is 0.579 bits per heavy atom. The van der Waals surface area contributed by atoms with Gasteiger partial charge in [-0.3, -0.25) is 9.59 Å². The topological polar surface area (TPSA) is 52.6 Å². The van der Waals surface area contributed by atoms with Crippen LogP contribution in [-0.4, -0.2) is 25.2 Å². The normalized spacial score (nSPS) is 11.1. The number of esters is 2. The highest BCUT2D eigenvalue weighted by Gasteiger charge is 2.03. The predicted molar refractivity (Wildman–Crippen MR) is 163 cm³/mol. The Kier molecular flexibility index (Phi) is 31.3. The first kappa shape index (κ1) is 36.9. The highest BCUT2D eigenvalue weighted by molar-refractivity contribution is 5.69. The lowest BCUT2D eigenvalue weighted by Crippen LogP contribution is -2.05. The van der Waals surface area contributed by atoms with Crippen molar-refractivity contribution in [3.63, 3.8) is 0 Å². The van der Waals surface area contributed by atoms with Crippen molar-refractivity contribution in [3.8, 4) is 0 Å². The highest BCUT2D eigenvalue weighted by atomic mass is 16.5. The van der Waals surface area contributed by atoms with Crippen LogP contribution in [0.4, 0.5) is 0 Å². The molecular weight excluding hydrogens is 472 g/mol. The van der Waals surface area contributed by atoms with Crippen molar-refractivity contribution < 1.29 is 19.1 Å². The second kappa shape index (κ2) is 32.2. The van der Waals surface area contributed by atoms with E-state index in [1.54, 1.807) is 0 Å². The Bertz CT molecular complexity index is 447. The van der Waals surface area contributed by atoms with Gasteiger partial charge in [0.25, 0.3) is 0 Å². The van der Waals surface area contributed by atoms with Crippen LogP contribution in [0.1, 0.15) is 194 Å². The van der Waals surface area contributed by atoms with Crippen molar-refractivity contribution in [1.82, 2.24) is 0 Å². The van der Waals surface area contributed by atoms with Crippen LogP contribution in [0.15, 0.2) is 0 Å². The average molecular weight is 539 g/mol. The molecule has 4 nitrogen and oxygen atoms in total. The van der Waals surface area contributed by atoms with E-state index in [4.69, 9.17) is 9.47 Å². The van der Waals surface area contributed by atoms with E-state index in [1.807, 2.05) is 0 Å². The smallest absolute Gasteiger partial charge is 0.305 e. The second-order valence-electron chi connectivity index (χ2n) is 11.4. The summed E-state index contributed by atoms with van der Waals surface area (Å²) in [6.45, 7) is 5.68. The van der Waals surface area contributed by atoms with Gasteiger partial charge in [-0.25, -0.2) is 0 Å². The SMILES string of the molecule is CCCCCCCCC(=O)OCCCCCCCCCCCCCCCCOC(=O)CCCCCCCC. The van der Waals surface area contributed by atoms with Gasteiger partial charge in [0.15, 0.2) is 0 Å². The van der Waals surface area contributed by atoms with Crippen LogP contribution in [0.25, 0.3) is 0 Å². The molecule has 0 aliphatic heterocycles. The number of carbonyl (C=O) groups excluding carboxylic acids is 2. The Hall–Kier alpha value is -1.06. The molecule has 0 unspecified atom stereocenters. The molecule has 0 saturated carbocycles. The maximum Gasteiger partial charge on any atom is 0.305 e. The zero-order valence-corrected chi connectivity index (χ0v) is 25.8. The molecule has 0 atom stereocenters. The lowest BCUT2D eigenvalue weighted by Gasteiger charge is -2.06. The fourth-order valence-corrected chi connectivity index (χ4v) is 4.94. The van der Waals surface area contributed by atoms with Gasteiger partial charge in [-0.15, -0.1) is 0 Å². The molecule has 0 aromatic carbocycles. The summed E-state index contributed by atoms with van der Waals surface area (Å²) >= 11 is 0.